The molecule has 0 unspecified atom stereocenters. The summed E-state index contributed by atoms with van der Waals surface area (Å²) in [6.45, 7) is 0.688. The van der Waals surface area contributed by atoms with Gasteiger partial charge in [0.05, 0.1) is 12.2 Å². The molecule has 0 saturated heterocycles. The van der Waals surface area contributed by atoms with Gasteiger partial charge < -0.3 is 4.74 Å². The molecule has 0 aliphatic rings. The summed E-state index contributed by atoms with van der Waals surface area (Å²) in [4.78, 5) is 10.6. The molecule has 0 N–H and O–H groups in total. The van der Waals surface area contributed by atoms with Gasteiger partial charge in [-0.2, -0.15) is 0 Å². The molecule has 1 rings (SSSR count). The van der Waals surface area contributed by atoms with Crippen LogP contribution in [-0.2, 0) is 0 Å². The van der Waals surface area contributed by atoms with Crippen molar-refractivity contribution >= 4 is 28.9 Å². The van der Waals surface area contributed by atoms with Crippen molar-refractivity contribution in [3.63, 3.8) is 0 Å². The quantitative estimate of drug-likeness (QED) is 0.349. The molecule has 1 aromatic carbocycles. The van der Waals surface area contributed by atoms with Gasteiger partial charge in [0.25, 0.3) is 0 Å². The number of rotatable bonds is 6. The molecule has 14 heavy (non-hydrogen) atoms. The lowest BCUT2D eigenvalue weighted by Gasteiger charge is -2.06. The van der Waals surface area contributed by atoms with Crippen molar-refractivity contribution in [1.82, 2.24) is 0 Å². The van der Waals surface area contributed by atoms with E-state index in [1.54, 1.807) is 6.07 Å². The van der Waals surface area contributed by atoms with Gasteiger partial charge in [0.2, 0.25) is 0 Å². The van der Waals surface area contributed by atoms with Gasteiger partial charge in [-0.15, -0.1) is 0 Å². The fraction of sp³-hybridized carbons (Fsp3) is 0.364. The van der Waals surface area contributed by atoms with Crippen LogP contribution < -0.4 is 4.74 Å². The van der Waals surface area contributed by atoms with E-state index in [0.29, 0.717) is 17.9 Å². The molecule has 0 aliphatic carbocycles. The molecule has 0 aliphatic heterocycles. The highest BCUT2D eigenvalue weighted by atomic mass is 127. The third-order valence-electron chi connectivity index (χ3n) is 1.83. The third kappa shape index (κ3) is 3.65. The van der Waals surface area contributed by atoms with Crippen molar-refractivity contribution in [2.75, 3.05) is 11.0 Å². The zero-order valence-electron chi connectivity index (χ0n) is 7.91. The van der Waals surface area contributed by atoms with E-state index in [-0.39, 0.29) is 0 Å². The number of halogens is 1. The third-order valence-corrected chi connectivity index (χ3v) is 2.59. The number of ether oxygens (including phenoxy) is 1. The van der Waals surface area contributed by atoms with Gasteiger partial charge in [-0.3, -0.25) is 4.79 Å². The Morgan fingerprint density at radius 1 is 1.29 bits per heavy atom. The zero-order chi connectivity index (χ0) is 10.2. The molecule has 0 spiro atoms. The van der Waals surface area contributed by atoms with Crippen LogP contribution >= 0.6 is 22.6 Å². The maximum Gasteiger partial charge on any atom is 0.153 e. The summed E-state index contributed by atoms with van der Waals surface area (Å²) >= 11 is 2.34. The number of hydrogen-bond acceptors (Lipinski definition) is 2. The summed E-state index contributed by atoms with van der Waals surface area (Å²) in [5.41, 5.74) is 0.627. The number of alkyl halides is 1. The highest BCUT2D eigenvalue weighted by molar-refractivity contribution is 14.1. The Balaban J connectivity index is 2.45. The Morgan fingerprint density at radius 2 is 2.07 bits per heavy atom. The largest absolute Gasteiger partial charge is 0.493 e. The molecular weight excluding hydrogens is 291 g/mol. The normalized spacial score (nSPS) is 9.79. The molecule has 2 nitrogen and oxygen atoms in total. The van der Waals surface area contributed by atoms with Crippen molar-refractivity contribution in [3.05, 3.63) is 29.8 Å². The van der Waals surface area contributed by atoms with Crippen molar-refractivity contribution in [2.24, 2.45) is 0 Å². The van der Waals surface area contributed by atoms with Crippen LogP contribution in [-0.4, -0.2) is 17.3 Å². The summed E-state index contributed by atoms with van der Waals surface area (Å²) in [5, 5.41) is 0. The molecule has 3 heteroatoms. The summed E-state index contributed by atoms with van der Waals surface area (Å²) in [6, 6.07) is 7.30. The standard InChI is InChI=1S/C11H13IO2/c12-7-3-4-8-14-11-6-2-1-5-10(11)9-13/h1-2,5-6,9H,3-4,7-8H2. The highest BCUT2D eigenvalue weighted by Crippen LogP contribution is 2.15. The smallest absolute Gasteiger partial charge is 0.153 e. The first-order valence-corrected chi connectivity index (χ1v) is 6.14. The Kier molecular flexibility index (Phi) is 5.59. The summed E-state index contributed by atoms with van der Waals surface area (Å²) < 4.78 is 6.64. The van der Waals surface area contributed by atoms with Gasteiger partial charge in [-0.25, -0.2) is 0 Å². The highest BCUT2D eigenvalue weighted by Gasteiger charge is 2.00. The Hall–Kier alpha value is -0.580. The molecule has 0 atom stereocenters. The zero-order valence-corrected chi connectivity index (χ0v) is 10.1. The first-order chi connectivity index (χ1) is 6.88. The second-order valence-corrected chi connectivity index (χ2v) is 3.98. The second-order valence-electron chi connectivity index (χ2n) is 2.90. The van der Waals surface area contributed by atoms with E-state index in [1.807, 2.05) is 18.2 Å². The van der Waals surface area contributed by atoms with Crippen LogP contribution in [0, 0.1) is 0 Å². The lowest BCUT2D eigenvalue weighted by molar-refractivity contribution is 0.111. The molecule has 0 saturated carbocycles. The number of para-hydroxylation sites is 1. The molecule has 0 radical (unpaired) electrons. The Bertz CT molecular complexity index is 286. The average molecular weight is 304 g/mol. The summed E-state index contributed by atoms with van der Waals surface area (Å²) in [6.07, 6.45) is 3.02. The average Bonchev–Trinajstić information content (AvgIpc) is 2.25. The van der Waals surface area contributed by atoms with E-state index in [9.17, 15) is 4.79 Å². The van der Waals surface area contributed by atoms with Crippen LogP contribution in [0.4, 0.5) is 0 Å². The van der Waals surface area contributed by atoms with Crippen LogP contribution in [0.1, 0.15) is 23.2 Å². The lowest BCUT2D eigenvalue weighted by Crippen LogP contribution is -1.99. The molecule has 0 aromatic heterocycles. The minimum absolute atomic E-state index is 0.627. The number of hydrogen-bond donors (Lipinski definition) is 0. The van der Waals surface area contributed by atoms with Crippen LogP contribution in [0.5, 0.6) is 5.75 Å². The molecule has 0 amide bonds. The predicted molar refractivity (Wildman–Crippen MR) is 65.4 cm³/mol. The number of unbranched alkanes of at least 4 members (excludes halogenated alkanes) is 1. The van der Waals surface area contributed by atoms with Crippen LogP contribution in [0.3, 0.4) is 0 Å². The summed E-state index contributed by atoms with van der Waals surface area (Å²) in [7, 11) is 0. The van der Waals surface area contributed by atoms with E-state index in [1.165, 1.54) is 0 Å². The van der Waals surface area contributed by atoms with Gasteiger partial charge in [0.1, 0.15) is 5.75 Å². The molecular formula is C11H13IO2. The van der Waals surface area contributed by atoms with Crippen LogP contribution in [0.2, 0.25) is 0 Å². The van der Waals surface area contributed by atoms with Crippen LogP contribution in [0.15, 0.2) is 24.3 Å². The maximum atomic E-state index is 10.6. The van der Waals surface area contributed by atoms with Gasteiger partial charge in [0, 0.05) is 0 Å². The van der Waals surface area contributed by atoms with Gasteiger partial charge >= 0.3 is 0 Å². The van der Waals surface area contributed by atoms with E-state index < -0.39 is 0 Å². The van der Waals surface area contributed by atoms with Gasteiger partial charge in [-0.1, -0.05) is 34.7 Å². The molecule has 1 aromatic rings. The summed E-state index contributed by atoms with van der Waals surface area (Å²) in [5.74, 6) is 0.691. The first kappa shape index (κ1) is 11.5. The minimum Gasteiger partial charge on any atom is -0.493 e. The lowest BCUT2D eigenvalue weighted by atomic mass is 10.2. The maximum absolute atomic E-state index is 10.6. The van der Waals surface area contributed by atoms with E-state index >= 15 is 0 Å². The fourth-order valence-electron chi connectivity index (χ4n) is 1.09. The van der Waals surface area contributed by atoms with E-state index in [0.717, 1.165) is 23.6 Å². The number of aldehydes is 1. The number of carbonyl (C=O) groups is 1. The van der Waals surface area contributed by atoms with Crippen LogP contribution in [0.25, 0.3) is 0 Å². The monoisotopic (exact) mass is 304 g/mol. The van der Waals surface area contributed by atoms with Gasteiger partial charge in [0.15, 0.2) is 6.29 Å². The fourth-order valence-corrected chi connectivity index (χ4v) is 1.63. The Morgan fingerprint density at radius 3 is 2.79 bits per heavy atom. The van der Waals surface area contributed by atoms with Crippen molar-refractivity contribution in [2.45, 2.75) is 12.8 Å². The predicted octanol–water partition coefficient (Wildman–Crippen LogP) is 3.09. The first-order valence-electron chi connectivity index (χ1n) is 4.61. The topological polar surface area (TPSA) is 26.3 Å². The SMILES string of the molecule is O=Cc1ccccc1OCCCCI. The molecule has 76 valence electrons. The van der Waals surface area contributed by atoms with Crippen molar-refractivity contribution < 1.29 is 9.53 Å². The molecule has 0 bridgehead atoms. The number of benzene rings is 1. The number of carbonyl (C=O) groups excluding carboxylic acids is 1. The Labute approximate surface area is 97.8 Å². The van der Waals surface area contributed by atoms with E-state index in [4.69, 9.17) is 4.74 Å². The molecule has 0 heterocycles. The van der Waals surface area contributed by atoms with E-state index in [2.05, 4.69) is 22.6 Å². The van der Waals surface area contributed by atoms with Crippen molar-refractivity contribution in [1.29, 1.82) is 0 Å². The van der Waals surface area contributed by atoms with Crippen molar-refractivity contribution in [3.8, 4) is 5.75 Å². The minimum atomic E-state index is 0.627. The molecule has 0 fully saturated rings. The van der Waals surface area contributed by atoms with Gasteiger partial charge in [-0.05, 0) is 29.4 Å². The second kappa shape index (κ2) is 6.81.